The maximum absolute atomic E-state index is 5.68. The molecule has 0 N–H and O–H groups in total. The Kier molecular flexibility index (Phi) is 3.88. The molecule has 0 aliphatic carbocycles. The normalized spacial score (nSPS) is 10.2. The van der Waals surface area contributed by atoms with Crippen LogP contribution in [0, 0.1) is 0 Å². The summed E-state index contributed by atoms with van der Waals surface area (Å²) in [6.45, 7) is 2.74. The predicted octanol–water partition coefficient (Wildman–Crippen LogP) is 2.98. The number of aromatic nitrogens is 3. The fourth-order valence-electron chi connectivity index (χ4n) is 1.33. The van der Waals surface area contributed by atoms with Gasteiger partial charge in [0.25, 0.3) is 0 Å². The van der Waals surface area contributed by atoms with Crippen LogP contribution in [0.3, 0.4) is 0 Å². The highest BCUT2D eigenvalue weighted by molar-refractivity contribution is 6.29. The van der Waals surface area contributed by atoms with Crippen molar-refractivity contribution in [2.24, 2.45) is 0 Å². The molecule has 5 heteroatoms. The number of halogens is 1. The molecule has 2 aromatic rings. The monoisotopic (exact) mass is 249 g/mol. The molecule has 88 valence electrons. The number of hydrogen-bond acceptors (Lipinski definition) is 4. The third-order valence-electron chi connectivity index (χ3n) is 2.11. The van der Waals surface area contributed by atoms with Gasteiger partial charge in [-0.3, -0.25) is 4.98 Å². The van der Waals surface area contributed by atoms with Crippen LogP contribution < -0.4 is 4.74 Å². The fourth-order valence-corrected chi connectivity index (χ4v) is 1.43. The van der Waals surface area contributed by atoms with Crippen LogP contribution in [-0.2, 0) is 0 Å². The molecule has 0 bridgehead atoms. The molecule has 2 heterocycles. The average Bonchev–Trinajstić information content (AvgIpc) is 2.37. The van der Waals surface area contributed by atoms with Gasteiger partial charge in [-0.2, -0.15) is 0 Å². The summed E-state index contributed by atoms with van der Waals surface area (Å²) in [4.78, 5) is 4.11. The molecule has 0 saturated carbocycles. The summed E-state index contributed by atoms with van der Waals surface area (Å²) in [7, 11) is 0. The van der Waals surface area contributed by atoms with Crippen molar-refractivity contribution in [2.75, 3.05) is 6.61 Å². The van der Waals surface area contributed by atoms with Gasteiger partial charge in [-0.25, -0.2) is 0 Å². The molecule has 0 amide bonds. The lowest BCUT2D eigenvalue weighted by Gasteiger charge is -2.05. The molecule has 0 fully saturated rings. The van der Waals surface area contributed by atoms with Crippen LogP contribution in [0.4, 0.5) is 0 Å². The van der Waals surface area contributed by atoms with Crippen LogP contribution in [0.2, 0.25) is 5.15 Å². The molecule has 4 nitrogen and oxygen atoms in total. The Balaban J connectivity index is 2.23. The lowest BCUT2D eigenvalue weighted by atomic mass is 10.2. The van der Waals surface area contributed by atoms with E-state index < -0.39 is 0 Å². The summed E-state index contributed by atoms with van der Waals surface area (Å²) in [6, 6.07) is 5.39. The zero-order chi connectivity index (χ0) is 12.1. The van der Waals surface area contributed by atoms with Crippen molar-refractivity contribution in [3.05, 3.63) is 35.7 Å². The lowest BCUT2D eigenvalue weighted by molar-refractivity contribution is 0.316. The Labute approximate surface area is 105 Å². The van der Waals surface area contributed by atoms with Crippen molar-refractivity contribution < 1.29 is 4.74 Å². The largest absolute Gasteiger partial charge is 0.492 e. The average molecular weight is 250 g/mol. The molecule has 0 atom stereocenters. The number of hydrogen-bond donors (Lipinski definition) is 0. The molecule has 0 aliphatic heterocycles. The van der Waals surface area contributed by atoms with Gasteiger partial charge in [0.05, 0.1) is 18.5 Å². The Hall–Kier alpha value is -1.68. The van der Waals surface area contributed by atoms with E-state index in [0.717, 1.165) is 23.4 Å². The molecule has 0 unspecified atom stereocenters. The number of ether oxygens (including phenoxy) is 1. The maximum atomic E-state index is 5.68. The topological polar surface area (TPSA) is 47.9 Å². The Morgan fingerprint density at radius 3 is 2.82 bits per heavy atom. The fraction of sp³-hybridized carbons (Fsp3) is 0.250. The van der Waals surface area contributed by atoms with E-state index in [9.17, 15) is 0 Å². The summed E-state index contributed by atoms with van der Waals surface area (Å²) >= 11 is 5.68. The first-order chi connectivity index (χ1) is 8.29. The predicted molar refractivity (Wildman–Crippen MR) is 66.1 cm³/mol. The minimum Gasteiger partial charge on any atom is -0.492 e. The first kappa shape index (κ1) is 11.8. The van der Waals surface area contributed by atoms with Crippen LogP contribution in [0.15, 0.2) is 30.6 Å². The summed E-state index contributed by atoms with van der Waals surface area (Å²) < 4.78 is 5.50. The highest BCUT2D eigenvalue weighted by Crippen LogP contribution is 2.20. The third-order valence-corrected chi connectivity index (χ3v) is 2.32. The van der Waals surface area contributed by atoms with Gasteiger partial charge in [0.2, 0.25) is 0 Å². The van der Waals surface area contributed by atoms with Crippen molar-refractivity contribution in [3.8, 4) is 17.0 Å². The van der Waals surface area contributed by atoms with Crippen LogP contribution in [0.25, 0.3) is 11.3 Å². The van der Waals surface area contributed by atoms with Gasteiger partial charge in [0.1, 0.15) is 5.75 Å². The van der Waals surface area contributed by atoms with Gasteiger partial charge in [-0.15, -0.1) is 10.2 Å². The molecule has 2 rings (SSSR count). The second kappa shape index (κ2) is 5.59. The Morgan fingerprint density at radius 2 is 2.12 bits per heavy atom. The quantitative estimate of drug-likeness (QED) is 0.836. The summed E-state index contributed by atoms with van der Waals surface area (Å²) in [6.07, 6.45) is 4.37. The van der Waals surface area contributed by atoms with Crippen LogP contribution in [-0.4, -0.2) is 21.8 Å². The number of rotatable bonds is 4. The molecule has 0 saturated heterocycles. The van der Waals surface area contributed by atoms with Gasteiger partial charge >= 0.3 is 0 Å². The molecule has 0 radical (unpaired) electrons. The van der Waals surface area contributed by atoms with Crippen molar-refractivity contribution in [1.29, 1.82) is 0 Å². The van der Waals surface area contributed by atoms with E-state index in [1.165, 1.54) is 0 Å². The Bertz CT molecular complexity index is 487. The molecular formula is C12H12ClN3O. The number of nitrogens with zero attached hydrogens (tertiary/aromatic N) is 3. The van der Waals surface area contributed by atoms with Crippen molar-refractivity contribution in [3.63, 3.8) is 0 Å². The van der Waals surface area contributed by atoms with E-state index in [4.69, 9.17) is 16.3 Å². The molecule has 0 aromatic carbocycles. The Morgan fingerprint density at radius 1 is 1.24 bits per heavy atom. The van der Waals surface area contributed by atoms with Crippen LogP contribution in [0.1, 0.15) is 13.3 Å². The van der Waals surface area contributed by atoms with E-state index >= 15 is 0 Å². The first-order valence-electron chi connectivity index (χ1n) is 5.37. The molecular weight excluding hydrogens is 238 g/mol. The van der Waals surface area contributed by atoms with E-state index in [2.05, 4.69) is 22.1 Å². The first-order valence-corrected chi connectivity index (χ1v) is 5.75. The maximum Gasteiger partial charge on any atom is 0.151 e. The zero-order valence-electron chi connectivity index (χ0n) is 9.43. The highest BCUT2D eigenvalue weighted by atomic mass is 35.5. The van der Waals surface area contributed by atoms with Crippen molar-refractivity contribution in [1.82, 2.24) is 15.2 Å². The van der Waals surface area contributed by atoms with Gasteiger partial charge in [-0.1, -0.05) is 18.5 Å². The minimum atomic E-state index is 0.375. The van der Waals surface area contributed by atoms with Crippen LogP contribution in [0.5, 0.6) is 5.75 Å². The number of pyridine rings is 1. The van der Waals surface area contributed by atoms with E-state index in [0.29, 0.717) is 11.8 Å². The van der Waals surface area contributed by atoms with Crippen molar-refractivity contribution >= 4 is 11.6 Å². The molecule has 2 aromatic heterocycles. The molecule has 0 spiro atoms. The SMILES string of the molecule is CCCOc1cncc(-c2ccc(Cl)nn2)c1. The summed E-state index contributed by atoms with van der Waals surface area (Å²) in [5.74, 6) is 0.737. The zero-order valence-corrected chi connectivity index (χ0v) is 10.2. The minimum absolute atomic E-state index is 0.375. The van der Waals surface area contributed by atoms with Gasteiger partial charge in [0, 0.05) is 11.8 Å². The van der Waals surface area contributed by atoms with E-state index in [-0.39, 0.29) is 0 Å². The molecule has 17 heavy (non-hydrogen) atoms. The van der Waals surface area contributed by atoms with Gasteiger partial charge < -0.3 is 4.74 Å². The molecule has 0 aliphatic rings. The second-order valence-electron chi connectivity index (χ2n) is 3.50. The van der Waals surface area contributed by atoms with Gasteiger partial charge in [0.15, 0.2) is 5.15 Å². The highest BCUT2D eigenvalue weighted by Gasteiger charge is 2.03. The summed E-state index contributed by atoms with van der Waals surface area (Å²) in [5, 5.41) is 8.16. The standard InChI is InChI=1S/C12H12ClN3O/c1-2-5-17-10-6-9(7-14-8-10)11-3-4-12(13)16-15-11/h3-4,6-8H,2,5H2,1H3. The van der Waals surface area contributed by atoms with E-state index in [1.54, 1.807) is 24.5 Å². The van der Waals surface area contributed by atoms with Crippen molar-refractivity contribution in [2.45, 2.75) is 13.3 Å². The van der Waals surface area contributed by atoms with Gasteiger partial charge in [-0.05, 0) is 24.6 Å². The smallest absolute Gasteiger partial charge is 0.151 e. The summed E-state index contributed by atoms with van der Waals surface area (Å²) in [5.41, 5.74) is 1.59. The second-order valence-corrected chi connectivity index (χ2v) is 3.89. The third kappa shape index (κ3) is 3.14. The van der Waals surface area contributed by atoms with E-state index in [1.807, 2.05) is 6.07 Å². The van der Waals surface area contributed by atoms with Crippen LogP contribution >= 0.6 is 11.6 Å². The lowest BCUT2D eigenvalue weighted by Crippen LogP contribution is -1.96.